The Labute approximate surface area is 168 Å². The van der Waals surface area contributed by atoms with E-state index in [4.69, 9.17) is 4.74 Å². The van der Waals surface area contributed by atoms with E-state index in [1.807, 2.05) is 39.0 Å². The molecule has 0 aliphatic heterocycles. The number of benzene rings is 2. The summed E-state index contributed by atoms with van der Waals surface area (Å²) in [5, 5.41) is 0.306. The molecule has 0 atom stereocenters. The van der Waals surface area contributed by atoms with E-state index in [-0.39, 0.29) is 17.1 Å². The van der Waals surface area contributed by atoms with E-state index in [0.717, 1.165) is 28.8 Å². The summed E-state index contributed by atoms with van der Waals surface area (Å²) in [6, 6.07) is 12.9. The van der Waals surface area contributed by atoms with Crippen molar-refractivity contribution in [3.63, 3.8) is 0 Å². The molecular weight excluding hydrogens is 372 g/mol. The molecule has 0 bridgehead atoms. The van der Waals surface area contributed by atoms with Crippen molar-refractivity contribution < 1.29 is 9.53 Å². The summed E-state index contributed by atoms with van der Waals surface area (Å²) >= 11 is 1.16. The first kappa shape index (κ1) is 19.9. The molecule has 144 valence electrons. The van der Waals surface area contributed by atoms with Gasteiger partial charge in [0.15, 0.2) is 10.8 Å². The van der Waals surface area contributed by atoms with Gasteiger partial charge >= 0.3 is 0 Å². The van der Waals surface area contributed by atoms with Crippen molar-refractivity contribution in [3.05, 3.63) is 81.9 Å². The Balaban J connectivity index is 1.75. The zero-order valence-electron chi connectivity index (χ0n) is 16.1. The molecule has 0 N–H and O–H groups in total. The van der Waals surface area contributed by atoms with E-state index < -0.39 is 0 Å². The number of rotatable bonds is 7. The van der Waals surface area contributed by atoms with Gasteiger partial charge in [0.2, 0.25) is 0 Å². The standard InChI is InChI=1S/C22H22N2O3S/c1-4-27-19-9-6-17(7-10-19)20(25)14-28-21-22(26)24(12-11-23-21)18-8-5-15(2)16(3)13-18/h5-13H,4,14H2,1-3H3. The van der Waals surface area contributed by atoms with Crippen LogP contribution in [0.1, 0.15) is 28.4 Å². The normalized spacial score (nSPS) is 10.7. The van der Waals surface area contributed by atoms with Gasteiger partial charge in [0.05, 0.1) is 12.4 Å². The minimum absolute atomic E-state index is 0.0594. The number of hydrogen-bond acceptors (Lipinski definition) is 5. The van der Waals surface area contributed by atoms with E-state index >= 15 is 0 Å². The molecule has 5 nitrogen and oxygen atoms in total. The molecule has 0 aliphatic rings. The van der Waals surface area contributed by atoms with Gasteiger partial charge in [-0.15, -0.1) is 0 Å². The lowest BCUT2D eigenvalue weighted by Gasteiger charge is -2.09. The molecule has 0 saturated carbocycles. The van der Waals surface area contributed by atoms with Crippen molar-refractivity contribution >= 4 is 17.5 Å². The average Bonchev–Trinajstić information content (AvgIpc) is 2.70. The van der Waals surface area contributed by atoms with Gasteiger partial charge in [0, 0.05) is 23.6 Å². The smallest absolute Gasteiger partial charge is 0.287 e. The summed E-state index contributed by atoms with van der Waals surface area (Å²) in [5.74, 6) is 0.816. The number of ether oxygens (including phenoxy) is 1. The fourth-order valence-electron chi connectivity index (χ4n) is 2.69. The molecule has 0 spiro atoms. The van der Waals surface area contributed by atoms with Gasteiger partial charge in [-0.25, -0.2) is 4.98 Å². The number of carbonyl (C=O) groups excluding carboxylic acids is 1. The van der Waals surface area contributed by atoms with E-state index in [1.165, 1.54) is 5.56 Å². The van der Waals surface area contributed by atoms with Gasteiger partial charge in [0.25, 0.3) is 5.56 Å². The lowest BCUT2D eigenvalue weighted by Crippen LogP contribution is -2.21. The predicted octanol–water partition coefficient (Wildman–Crippen LogP) is 4.22. The molecule has 0 unspecified atom stereocenters. The van der Waals surface area contributed by atoms with Crippen molar-refractivity contribution in [1.29, 1.82) is 0 Å². The second-order valence-electron chi connectivity index (χ2n) is 6.35. The average molecular weight is 394 g/mol. The van der Waals surface area contributed by atoms with Crippen LogP contribution in [-0.4, -0.2) is 27.7 Å². The Bertz CT molecular complexity index is 1040. The number of aromatic nitrogens is 2. The highest BCUT2D eigenvalue weighted by Crippen LogP contribution is 2.18. The van der Waals surface area contributed by atoms with Crippen molar-refractivity contribution in [2.45, 2.75) is 25.8 Å². The van der Waals surface area contributed by atoms with Gasteiger partial charge in [-0.1, -0.05) is 17.8 Å². The minimum atomic E-state index is -0.227. The molecule has 0 saturated heterocycles. The maximum Gasteiger partial charge on any atom is 0.287 e. The second-order valence-corrected chi connectivity index (χ2v) is 7.31. The maximum absolute atomic E-state index is 12.8. The first-order chi connectivity index (χ1) is 13.5. The number of Topliss-reactive ketones (excluding diaryl/α,β-unsaturated/α-hetero) is 1. The van der Waals surface area contributed by atoms with Gasteiger partial charge in [-0.05, 0) is 68.3 Å². The summed E-state index contributed by atoms with van der Waals surface area (Å²) < 4.78 is 6.94. The van der Waals surface area contributed by atoms with Crippen molar-refractivity contribution in [3.8, 4) is 11.4 Å². The minimum Gasteiger partial charge on any atom is -0.494 e. The van der Waals surface area contributed by atoms with Crippen LogP contribution in [-0.2, 0) is 0 Å². The number of aryl methyl sites for hydroxylation is 2. The molecule has 1 aromatic heterocycles. The van der Waals surface area contributed by atoms with Gasteiger partial charge in [-0.2, -0.15) is 0 Å². The first-order valence-electron chi connectivity index (χ1n) is 9.03. The van der Waals surface area contributed by atoms with Crippen molar-refractivity contribution in [2.75, 3.05) is 12.4 Å². The summed E-state index contributed by atoms with van der Waals surface area (Å²) in [7, 11) is 0. The molecule has 0 fully saturated rings. The molecule has 3 aromatic rings. The molecule has 2 aromatic carbocycles. The highest BCUT2D eigenvalue weighted by atomic mass is 32.2. The topological polar surface area (TPSA) is 61.2 Å². The zero-order valence-corrected chi connectivity index (χ0v) is 17.0. The largest absolute Gasteiger partial charge is 0.494 e. The molecule has 0 aliphatic carbocycles. The maximum atomic E-state index is 12.8. The van der Waals surface area contributed by atoms with Crippen LogP contribution in [0, 0.1) is 13.8 Å². The Morgan fingerprint density at radius 3 is 2.54 bits per heavy atom. The number of ketones is 1. The monoisotopic (exact) mass is 394 g/mol. The number of thioether (sulfide) groups is 1. The predicted molar refractivity (Wildman–Crippen MR) is 112 cm³/mol. The lowest BCUT2D eigenvalue weighted by atomic mass is 10.1. The number of hydrogen-bond donors (Lipinski definition) is 0. The van der Waals surface area contributed by atoms with E-state index in [9.17, 15) is 9.59 Å². The molecule has 1 heterocycles. The molecule has 6 heteroatoms. The Morgan fingerprint density at radius 2 is 1.86 bits per heavy atom. The molecule has 28 heavy (non-hydrogen) atoms. The number of nitrogens with zero attached hydrogens (tertiary/aromatic N) is 2. The van der Waals surface area contributed by atoms with Crippen LogP contribution in [0.15, 0.2) is 64.7 Å². The van der Waals surface area contributed by atoms with Gasteiger partial charge in [0.1, 0.15) is 5.75 Å². The van der Waals surface area contributed by atoms with E-state index in [2.05, 4.69) is 4.98 Å². The summed E-state index contributed by atoms with van der Waals surface area (Å²) in [5.41, 5.74) is 3.43. The highest BCUT2D eigenvalue weighted by Gasteiger charge is 2.12. The van der Waals surface area contributed by atoms with Crippen molar-refractivity contribution in [1.82, 2.24) is 9.55 Å². The lowest BCUT2D eigenvalue weighted by molar-refractivity contribution is 0.102. The summed E-state index contributed by atoms with van der Waals surface area (Å²) in [6.07, 6.45) is 3.23. The van der Waals surface area contributed by atoms with Crippen LogP contribution in [0.25, 0.3) is 5.69 Å². The second kappa shape index (κ2) is 8.89. The number of carbonyl (C=O) groups is 1. The summed E-state index contributed by atoms with van der Waals surface area (Å²) in [4.78, 5) is 29.4. The molecule has 0 amide bonds. The van der Waals surface area contributed by atoms with E-state index in [1.54, 1.807) is 41.2 Å². The Morgan fingerprint density at radius 1 is 1.11 bits per heavy atom. The third kappa shape index (κ3) is 4.51. The van der Waals surface area contributed by atoms with Crippen LogP contribution in [0.3, 0.4) is 0 Å². The third-order valence-corrected chi connectivity index (χ3v) is 5.37. The Kier molecular flexibility index (Phi) is 6.31. The third-order valence-electron chi connectivity index (χ3n) is 4.41. The first-order valence-corrected chi connectivity index (χ1v) is 10.0. The molecule has 0 radical (unpaired) electrons. The molecular formula is C22H22N2O3S. The quantitative estimate of drug-likeness (QED) is 0.443. The van der Waals surface area contributed by atoms with E-state index in [0.29, 0.717) is 17.2 Å². The van der Waals surface area contributed by atoms with Crippen LogP contribution in [0.4, 0.5) is 0 Å². The fourth-order valence-corrected chi connectivity index (χ4v) is 3.48. The van der Waals surface area contributed by atoms with Crippen LogP contribution in [0.2, 0.25) is 0 Å². The van der Waals surface area contributed by atoms with Gasteiger partial charge in [-0.3, -0.25) is 14.2 Å². The SMILES string of the molecule is CCOc1ccc(C(=O)CSc2nccn(-c3ccc(C)c(C)c3)c2=O)cc1. The summed E-state index contributed by atoms with van der Waals surface area (Å²) in [6.45, 7) is 6.53. The highest BCUT2D eigenvalue weighted by molar-refractivity contribution is 7.99. The molecule has 3 rings (SSSR count). The van der Waals surface area contributed by atoms with Crippen LogP contribution < -0.4 is 10.3 Å². The Hall–Kier alpha value is -2.86. The van der Waals surface area contributed by atoms with Gasteiger partial charge < -0.3 is 4.74 Å². The fraction of sp³-hybridized carbons (Fsp3) is 0.227. The van der Waals surface area contributed by atoms with Crippen LogP contribution in [0.5, 0.6) is 5.75 Å². The van der Waals surface area contributed by atoms with Crippen molar-refractivity contribution in [2.24, 2.45) is 0 Å². The van der Waals surface area contributed by atoms with Crippen LogP contribution >= 0.6 is 11.8 Å². The zero-order chi connectivity index (χ0) is 20.1.